The molecule has 0 atom stereocenters. The van der Waals surface area contributed by atoms with Gasteiger partial charge in [-0.05, 0) is 49.2 Å². The first-order valence-electron chi connectivity index (χ1n) is 8.81. The highest BCUT2D eigenvalue weighted by molar-refractivity contribution is 7.89. The molecule has 0 aliphatic carbocycles. The number of hydrogen-bond acceptors (Lipinski definition) is 4. The number of carbonyl (C=O) groups is 1. The highest BCUT2D eigenvalue weighted by Crippen LogP contribution is 2.25. The van der Waals surface area contributed by atoms with Gasteiger partial charge in [-0.1, -0.05) is 26.0 Å². The predicted octanol–water partition coefficient (Wildman–Crippen LogP) is 3.59. The van der Waals surface area contributed by atoms with Gasteiger partial charge in [-0.15, -0.1) is 0 Å². The molecule has 146 valence electrons. The fourth-order valence-corrected chi connectivity index (χ4v) is 4.53. The van der Waals surface area contributed by atoms with Crippen LogP contribution in [0.25, 0.3) is 0 Å². The topological polar surface area (TPSA) is 75.7 Å². The predicted molar refractivity (Wildman–Crippen MR) is 107 cm³/mol. The van der Waals surface area contributed by atoms with Gasteiger partial charge in [0.05, 0.1) is 12.0 Å². The van der Waals surface area contributed by atoms with Crippen LogP contribution in [0.3, 0.4) is 0 Å². The molecule has 0 aliphatic rings. The Labute approximate surface area is 161 Å². The average molecular weight is 391 g/mol. The van der Waals surface area contributed by atoms with Crippen LogP contribution in [0, 0.1) is 13.8 Å². The summed E-state index contributed by atoms with van der Waals surface area (Å²) in [6.45, 7) is 8.01. The molecule has 0 radical (unpaired) electrons. The van der Waals surface area contributed by atoms with Gasteiger partial charge in [0.1, 0.15) is 5.75 Å². The SMILES string of the molecule is CCN(CC)S(=O)(=O)c1cc(NC(=O)c2ccc(C)c(OC)c2)ccc1C. The van der Waals surface area contributed by atoms with Crippen LogP contribution in [0.1, 0.15) is 35.3 Å². The van der Waals surface area contributed by atoms with E-state index in [-0.39, 0.29) is 10.8 Å². The lowest BCUT2D eigenvalue weighted by Crippen LogP contribution is -2.31. The van der Waals surface area contributed by atoms with Gasteiger partial charge in [0, 0.05) is 24.3 Å². The Hall–Kier alpha value is -2.38. The summed E-state index contributed by atoms with van der Waals surface area (Å²) in [6, 6.07) is 10.1. The van der Waals surface area contributed by atoms with Crippen LogP contribution in [0.5, 0.6) is 5.75 Å². The van der Waals surface area contributed by atoms with Gasteiger partial charge >= 0.3 is 0 Å². The molecule has 2 aromatic carbocycles. The second-order valence-corrected chi connectivity index (χ2v) is 8.11. The van der Waals surface area contributed by atoms with Crippen LogP contribution in [0.15, 0.2) is 41.3 Å². The van der Waals surface area contributed by atoms with Crippen molar-refractivity contribution in [1.29, 1.82) is 0 Å². The smallest absolute Gasteiger partial charge is 0.255 e. The Balaban J connectivity index is 2.34. The zero-order valence-electron chi connectivity index (χ0n) is 16.4. The Kier molecular flexibility index (Phi) is 6.62. The molecule has 0 fully saturated rings. The molecule has 7 heteroatoms. The monoisotopic (exact) mass is 390 g/mol. The molecule has 0 saturated carbocycles. The van der Waals surface area contributed by atoms with Crippen molar-refractivity contribution < 1.29 is 17.9 Å². The lowest BCUT2D eigenvalue weighted by molar-refractivity contribution is 0.102. The van der Waals surface area contributed by atoms with Crippen LogP contribution in [-0.2, 0) is 10.0 Å². The zero-order valence-corrected chi connectivity index (χ0v) is 17.2. The van der Waals surface area contributed by atoms with Crippen molar-refractivity contribution in [3.05, 3.63) is 53.1 Å². The Morgan fingerprint density at radius 2 is 1.67 bits per heavy atom. The largest absolute Gasteiger partial charge is 0.496 e. The molecule has 1 N–H and O–H groups in total. The fraction of sp³-hybridized carbons (Fsp3) is 0.350. The van der Waals surface area contributed by atoms with E-state index in [0.29, 0.717) is 35.7 Å². The molecular formula is C20H26N2O4S. The lowest BCUT2D eigenvalue weighted by Gasteiger charge is -2.20. The third kappa shape index (κ3) is 4.48. The van der Waals surface area contributed by atoms with Gasteiger partial charge in [-0.3, -0.25) is 4.79 Å². The third-order valence-corrected chi connectivity index (χ3v) is 6.63. The summed E-state index contributed by atoms with van der Waals surface area (Å²) in [5, 5.41) is 2.77. The minimum Gasteiger partial charge on any atom is -0.496 e. The standard InChI is InChI=1S/C20H26N2O4S/c1-6-22(7-2)27(24,25)19-13-17(11-9-15(19)4)21-20(23)16-10-8-14(3)18(12-16)26-5/h8-13H,6-7H2,1-5H3,(H,21,23). The van der Waals surface area contributed by atoms with E-state index in [1.54, 1.807) is 58.2 Å². The van der Waals surface area contributed by atoms with Gasteiger partial charge in [0.25, 0.3) is 5.91 Å². The first-order valence-corrected chi connectivity index (χ1v) is 10.2. The van der Waals surface area contributed by atoms with Crippen molar-refractivity contribution in [1.82, 2.24) is 4.31 Å². The molecule has 0 spiro atoms. The minimum atomic E-state index is -3.61. The van der Waals surface area contributed by atoms with Crippen molar-refractivity contribution in [3.8, 4) is 5.75 Å². The zero-order chi connectivity index (χ0) is 20.2. The van der Waals surface area contributed by atoms with Crippen molar-refractivity contribution in [2.24, 2.45) is 0 Å². The van der Waals surface area contributed by atoms with Crippen molar-refractivity contribution in [3.63, 3.8) is 0 Å². The van der Waals surface area contributed by atoms with Gasteiger partial charge in [-0.25, -0.2) is 8.42 Å². The van der Waals surface area contributed by atoms with Crippen LogP contribution in [0.4, 0.5) is 5.69 Å². The number of methoxy groups -OCH3 is 1. The summed E-state index contributed by atoms with van der Waals surface area (Å²) in [5.74, 6) is 0.291. The fourth-order valence-electron chi connectivity index (χ4n) is 2.82. The maximum atomic E-state index is 12.8. The summed E-state index contributed by atoms with van der Waals surface area (Å²) in [4.78, 5) is 12.8. The quantitative estimate of drug-likeness (QED) is 0.784. The van der Waals surface area contributed by atoms with Crippen LogP contribution >= 0.6 is 0 Å². The molecule has 1 amide bonds. The summed E-state index contributed by atoms with van der Waals surface area (Å²) in [5.41, 5.74) is 2.43. The van der Waals surface area contributed by atoms with E-state index in [1.165, 1.54) is 10.4 Å². The van der Waals surface area contributed by atoms with Gasteiger partial charge < -0.3 is 10.1 Å². The molecule has 2 aromatic rings. The van der Waals surface area contributed by atoms with E-state index in [2.05, 4.69) is 5.32 Å². The number of carbonyl (C=O) groups excluding carboxylic acids is 1. The van der Waals surface area contributed by atoms with E-state index >= 15 is 0 Å². The molecule has 0 saturated heterocycles. The maximum Gasteiger partial charge on any atom is 0.255 e. The van der Waals surface area contributed by atoms with E-state index in [1.807, 2.05) is 6.92 Å². The molecule has 0 unspecified atom stereocenters. The summed E-state index contributed by atoms with van der Waals surface area (Å²) < 4.78 is 32.3. The molecule has 6 nitrogen and oxygen atoms in total. The maximum absolute atomic E-state index is 12.8. The van der Waals surface area contributed by atoms with Crippen LogP contribution in [0.2, 0.25) is 0 Å². The number of anilines is 1. The summed E-state index contributed by atoms with van der Waals surface area (Å²) in [6.07, 6.45) is 0. The third-order valence-electron chi connectivity index (χ3n) is 4.44. The molecular weight excluding hydrogens is 364 g/mol. The van der Waals surface area contributed by atoms with E-state index in [4.69, 9.17) is 4.74 Å². The first-order chi connectivity index (χ1) is 12.7. The number of rotatable bonds is 7. The Morgan fingerprint density at radius 1 is 1.04 bits per heavy atom. The number of aryl methyl sites for hydroxylation is 2. The number of nitrogens with one attached hydrogen (secondary N) is 1. The molecule has 0 aromatic heterocycles. The van der Waals surface area contributed by atoms with E-state index < -0.39 is 10.0 Å². The van der Waals surface area contributed by atoms with Gasteiger partial charge in [0.2, 0.25) is 10.0 Å². The van der Waals surface area contributed by atoms with Crippen LogP contribution in [-0.4, -0.2) is 38.8 Å². The number of ether oxygens (including phenoxy) is 1. The highest BCUT2D eigenvalue weighted by Gasteiger charge is 2.24. The number of sulfonamides is 1. The first kappa shape index (κ1) is 20.9. The Bertz CT molecular complexity index is 935. The van der Waals surface area contributed by atoms with Gasteiger partial charge in [-0.2, -0.15) is 4.31 Å². The number of benzene rings is 2. The van der Waals surface area contributed by atoms with Gasteiger partial charge in [0.15, 0.2) is 0 Å². The summed E-state index contributed by atoms with van der Waals surface area (Å²) >= 11 is 0. The van der Waals surface area contributed by atoms with Crippen LogP contribution < -0.4 is 10.1 Å². The minimum absolute atomic E-state index is 0.200. The average Bonchev–Trinajstić information content (AvgIpc) is 2.64. The summed E-state index contributed by atoms with van der Waals surface area (Å²) in [7, 11) is -2.06. The number of hydrogen-bond donors (Lipinski definition) is 1. The van der Waals surface area contributed by atoms with E-state index in [0.717, 1.165) is 5.56 Å². The molecule has 27 heavy (non-hydrogen) atoms. The second kappa shape index (κ2) is 8.54. The normalized spacial score (nSPS) is 11.5. The van der Waals surface area contributed by atoms with E-state index in [9.17, 15) is 13.2 Å². The number of nitrogens with zero attached hydrogens (tertiary/aromatic N) is 1. The molecule has 0 bridgehead atoms. The van der Waals surface area contributed by atoms with Crippen molar-refractivity contribution in [2.45, 2.75) is 32.6 Å². The van der Waals surface area contributed by atoms with Crippen molar-refractivity contribution in [2.75, 3.05) is 25.5 Å². The highest BCUT2D eigenvalue weighted by atomic mass is 32.2. The second-order valence-electron chi connectivity index (χ2n) is 6.21. The Morgan fingerprint density at radius 3 is 2.26 bits per heavy atom. The molecule has 0 aliphatic heterocycles. The number of amides is 1. The molecule has 2 rings (SSSR count). The van der Waals surface area contributed by atoms with Crippen molar-refractivity contribution >= 4 is 21.6 Å². The molecule has 0 heterocycles. The lowest BCUT2D eigenvalue weighted by atomic mass is 10.1.